The molecule has 2 N–H and O–H groups in total. The van der Waals surface area contributed by atoms with E-state index in [2.05, 4.69) is 0 Å². The van der Waals surface area contributed by atoms with Crippen LogP contribution in [0.3, 0.4) is 0 Å². The van der Waals surface area contributed by atoms with Crippen LogP contribution in [0.2, 0.25) is 0 Å². The van der Waals surface area contributed by atoms with Gasteiger partial charge in [0, 0.05) is 14.1 Å². The smallest absolute Gasteiger partial charge is 0.244 e. The molecule has 0 aliphatic heterocycles. The number of hydrogen-bond acceptors (Lipinski definition) is 3. The Bertz CT molecular complexity index is 443. The first-order valence-electron chi connectivity index (χ1n) is 3.83. The van der Waals surface area contributed by atoms with E-state index in [-0.39, 0.29) is 10.6 Å². The van der Waals surface area contributed by atoms with Crippen LogP contribution in [0.15, 0.2) is 23.1 Å². The highest BCUT2D eigenvalue weighted by atomic mass is 32.2. The van der Waals surface area contributed by atoms with Crippen LogP contribution in [0.1, 0.15) is 0 Å². The van der Waals surface area contributed by atoms with Crippen LogP contribution in [0, 0.1) is 5.82 Å². The zero-order chi connectivity index (χ0) is 10.9. The number of anilines is 1. The van der Waals surface area contributed by atoms with Gasteiger partial charge in [0.15, 0.2) is 0 Å². The van der Waals surface area contributed by atoms with Crippen LogP contribution in [0.5, 0.6) is 0 Å². The van der Waals surface area contributed by atoms with E-state index in [1.165, 1.54) is 14.1 Å². The number of halogens is 1. The van der Waals surface area contributed by atoms with Gasteiger partial charge in [-0.2, -0.15) is 0 Å². The first-order valence-corrected chi connectivity index (χ1v) is 5.27. The fraction of sp³-hybridized carbons (Fsp3) is 0.250. The molecule has 0 saturated carbocycles. The highest BCUT2D eigenvalue weighted by Gasteiger charge is 2.20. The first kappa shape index (κ1) is 10.9. The maximum Gasteiger partial charge on any atom is 0.244 e. The normalized spacial score (nSPS) is 12.0. The third-order valence-electron chi connectivity index (χ3n) is 1.73. The lowest BCUT2D eigenvalue weighted by Crippen LogP contribution is -2.23. The molecule has 0 radical (unpaired) electrons. The summed E-state index contributed by atoms with van der Waals surface area (Å²) in [5, 5.41) is 0. The maximum atomic E-state index is 12.6. The van der Waals surface area contributed by atoms with Crippen molar-refractivity contribution in [2.75, 3.05) is 19.8 Å². The summed E-state index contributed by atoms with van der Waals surface area (Å²) in [5.41, 5.74) is 5.31. The van der Waals surface area contributed by atoms with Crippen LogP contribution in [-0.2, 0) is 10.0 Å². The highest BCUT2D eigenvalue weighted by Crippen LogP contribution is 2.21. The molecule has 0 saturated heterocycles. The number of nitrogens with zero attached hydrogens (tertiary/aromatic N) is 1. The molecule has 1 rings (SSSR count). The lowest BCUT2D eigenvalue weighted by atomic mass is 10.3. The first-order chi connectivity index (χ1) is 6.35. The zero-order valence-corrected chi connectivity index (χ0v) is 8.68. The molecule has 0 atom stereocenters. The summed E-state index contributed by atoms with van der Waals surface area (Å²) < 4.78 is 36.8. The molecular formula is C8H11FN2O2S. The lowest BCUT2D eigenvalue weighted by molar-refractivity contribution is 0.521. The Labute approximate surface area is 82.2 Å². The summed E-state index contributed by atoms with van der Waals surface area (Å²) in [6.45, 7) is 0. The Hall–Kier alpha value is -1.14. The summed E-state index contributed by atoms with van der Waals surface area (Å²) >= 11 is 0. The van der Waals surface area contributed by atoms with Crippen LogP contribution in [-0.4, -0.2) is 26.8 Å². The third-order valence-corrected chi connectivity index (χ3v) is 3.62. The minimum absolute atomic E-state index is 0.0797. The topological polar surface area (TPSA) is 63.4 Å². The van der Waals surface area contributed by atoms with Gasteiger partial charge in [0.2, 0.25) is 10.0 Å². The van der Waals surface area contributed by atoms with Gasteiger partial charge < -0.3 is 5.73 Å². The van der Waals surface area contributed by atoms with Crippen molar-refractivity contribution in [3.05, 3.63) is 24.0 Å². The van der Waals surface area contributed by atoms with Gasteiger partial charge in [-0.1, -0.05) is 0 Å². The van der Waals surface area contributed by atoms with Crippen LogP contribution < -0.4 is 5.73 Å². The molecule has 14 heavy (non-hydrogen) atoms. The van der Waals surface area contributed by atoms with Gasteiger partial charge in [-0.25, -0.2) is 17.1 Å². The van der Waals surface area contributed by atoms with Gasteiger partial charge in [0.05, 0.1) is 5.69 Å². The van der Waals surface area contributed by atoms with Gasteiger partial charge in [0.25, 0.3) is 0 Å². The van der Waals surface area contributed by atoms with E-state index in [9.17, 15) is 12.8 Å². The van der Waals surface area contributed by atoms with Crippen molar-refractivity contribution >= 4 is 15.7 Å². The average Bonchev–Trinajstić information content (AvgIpc) is 2.02. The number of benzene rings is 1. The summed E-state index contributed by atoms with van der Waals surface area (Å²) in [6.07, 6.45) is 0. The molecule has 0 spiro atoms. The summed E-state index contributed by atoms with van der Waals surface area (Å²) in [7, 11) is -0.809. The van der Waals surface area contributed by atoms with Crippen molar-refractivity contribution < 1.29 is 12.8 Å². The Kier molecular flexibility index (Phi) is 2.77. The molecule has 0 aromatic heterocycles. The molecule has 4 nitrogen and oxygen atoms in total. The van der Waals surface area contributed by atoms with E-state index in [4.69, 9.17) is 5.73 Å². The van der Waals surface area contributed by atoms with E-state index < -0.39 is 15.8 Å². The SMILES string of the molecule is CN(C)S(=O)(=O)c1ccc(F)cc1N. The van der Waals surface area contributed by atoms with Crippen LogP contribution >= 0.6 is 0 Å². The predicted molar refractivity (Wildman–Crippen MR) is 51.7 cm³/mol. The minimum Gasteiger partial charge on any atom is -0.398 e. The van der Waals surface area contributed by atoms with Crippen molar-refractivity contribution in [3.8, 4) is 0 Å². The van der Waals surface area contributed by atoms with Gasteiger partial charge in [0.1, 0.15) is 10.7 Å². The Morgan fingerprint density at radius 2 is 1.93 bits per heavy atom. The molecule has 0 aliphatic rings. The Morgan fingerprint density at radius 1 is 1.36 bits per heavy atom. The van der Waals surface area contributed by atoms with Crippen molar-refractivity contribution in [2.24, 2.45) is 0 Å². The molecule has 0 heterocycles. The van der Waals surface area contributed by atoms with Crippen LogP contribution in [0.25, 0.3) is 0 Å². The minimum atomic E-state index is -3.58. The van der Waals surface area contributed by atoms with Gasteiger partial charge in [-0.15, -0.1) is 0 Å². The molecule has 0 aliphatic carbocycles. The van der Waals surface area contributed by atoms with E-state index in [1.807, 2.05) is 0 Å². The fourth-order valence-electron chi connectivity index (χ4n) is 0.951. The van der Waals surface area contributed by atoms with Gasteiger partial charge in [-0.05, 0) is 18.2 Å². The summed E-state index contributed by atoms with van der Waals surface area (Å²) in [6, 6.07) is 3.20. The van der Waals surface area contributed by atoms with Crippen molar-refractivity contribution in [3.63, 3.8) is 0 Å². The zero-order valence-electron chi connectivity index (χ0n) is 7.86. The van der Waals surface area contributed by atoms with Gasteiger partial charge in [-0.3, -0.25) is 0 Å². The largest absolute Gasteiger partial charge is 0.398 e. The quantitative estimate of drug-likeness (QED) is 0.742. The number of nitrogen functional groups attached to an aromatic ring is 1. The molecule has 1 aromatic carbocycles. The average molecular weight is 218 g/mol. The number of nitrogens with two attached hydrogens (primary N) is 1. The van der Waals surface area contributed by atoms with E-state index >= 15 is 0 Å². The number of sulfonamides is 1. The standard InChI is InChI=1S/C8H11FN2O2S/c1-11(2)14(12,13)8-4-3-6(9)5-7(8)10/h3-5H,10H2,1-2H3. The summed E-state index contributed by atoms with van der Waals surface area (Å²) in [4.78, 5) is -0.0797. The van der Waals surface area contributed by atoms with Crippen molar-refractivity contribution in [2.45, 2.75) is 4.90 Å². The monoisotopic (exact) mass is 218 g/mol. The van der Waals surface area contributed by atoms with E-state index in [0.717, 1.165) is 22.5 Å². The maximum absolute atomic E-state index is 12.6. The second-order valence-corrected chi connectivity index (χ2v) is 5.09. The Morgan fingerprint density at radius 3 is 2.36 bits per heavy atom. The second kappa shape index (κ2) is 3.55. The summed E-state index contributed by atoms with van der Waals surface area (Å²) in [5.74, 6) is -0.555. The van der Waals surface area contributed by atoms with Crippen molar-refractivity contribution in [1.29, 1.82) is 0 Å². The van der Waals surface area contributed by atoms with Crippen LogP contribution in [0.4, 0.5) is 10.1 Å². The van der Waals surface area contributed by atoms with E-state index in [1.54, 1.807) is 0 Å². The molecule has 0 unspecified atom stereocenters. The molecule has 1 aromatic rings. The lowest BCUT2D eigenvalue weighted by Gasteiger charge is -2.12. The fourth-order valence-corrected chi connectivity index (χ4v) is 1.94. The highest BCUT2D eigenvalue weighted by molar-refractivity contribution is 7.89. The molecule has 78 valence electrons. The Balaban J connectivity index is 3.35. The predicted octanol–water partition coefficient (Wildman–Crippen LogP) is 0.658. The molecule has 0 amide bonds. The molecule has 0 fully saturated rings. The molecule has 0 bridgehead atoms. The number of hydrogen-bond donors (Lipinski definition) is 1. The van der Waals surface area contributed by atoms with Gasteiger partial charge >= 0.3 is 0 Å². The second-order valence-electron chi connectivity index (χ2n) is 2.97. The van der Waals surface area contributed by atoms with Crippen molar-refractivity contribution in [1.82, 2.24) is 4.31 Å². The molecular weight excluding hydrogens is 207 g/mol. The number of rotatable bonds is 2. The third kappa shape index (κ3) is 1.85. The van der Waals surface area contributed by atoms with E-state index in [0.29, 0.717) is 0 Å². The molecule has 6 heteroatoms.